The van der Waals surface area contributed by atoms with E-state index in [9.17, 15) is 9.59 Å². The zero-order valence-corrected chi connectivity index (χ0v) is 13.3. The predicted octanol–water partition coefficient (Wildman–Crippen LogP) is 2.08. The number of hydrogen-bond donors (Lipinski definition) is 3. The Morgan fingerprint density at radius 3 is 2.57 bits per heavy atom. The first-order chi connectivity index (χ1) is 11.1. The first-order valence-corrected chi connectivity index (χ1v) is 7.91. The number of nitrogens with zero attached hydrogens (tertiary/aromatic N) is 1. The van der Waals surface area contributed by atoms with E-state index in [1.807, 2.05) is 0 Å². The van der Waals surface area contributed by atoms with Crippen LogP contribution in [0.5, 0.6) is 5.75 Å². The van der Waals surface area contributed by atoms with Crippen molar-refractivity contribution in [3.05, 3.63) is 35.5 Å². The molecule has 0 bridgehead atoms. The van der Waals surface area contributed by atoms with Crippen molar-refractivity contribution in [3.63, 3.8) is 0 Å². The Kier molecular flexibility index (Phi) is 4.16. The van der Waals surface area contributed by atoms with Gasteiger partial charge in [0.1, 0.15) is 10.8 Å². The van der Waals surface area contributed by atoms with Crippen molar-refractivity contribution in [1.82, 2.24) is 4.98 Å². The maximum atomic E-state index is 12.3. The Morgan fingerprint density at radius 1 is 1.30 bits per heavy atom. The number of primary amides is 1. The minimum atomic E-state index is -0.671. The predicted molar refractivity (Wildman–Crippen MR) is 88.2 cm³/mol. The Balaban J connectivity index is 1.78. The summed E-state index contributed by atoms with van der Waals surface area (Å²) in [5, 5.41) is 6.82. The number of anilines is 2. The molecule has 0 unspecified atom stereocenters. The van der Waals surface area contributed by atoms with Gasteiger partial charge in [0, 0.05) is 11.6 Å². The smallest absolute Gasteiger partial charge is 0.270 e. The van der Waals surface area contributed by atoms with Gasteiger partial charge in [-0.1, -0.05) is 11.3 Å². The maximum absolute atomic E-state index is 12.3. The number of nitrogens with two attached hydrogens (primary N) is 1. The number of amides is 2. The van der Waals surface area contributed by atoms with Crippen LogP contribution in [-0.4, -0.2) is 29.9 Å². The standard InChI is InChI=1S/C15H16N4O3S/c1-22-10-6-2-8(3-7-10)13(21)19-14-11(12(16)20)18-15(23-14)17-9-4-5-9/h2-3,6-7,9H,4-5H2,1H3,(H2,16,20)(H,17,18)(H,19,21). The van der Waals surface area contributed by atoms with Gasteiger partial charge in [0.05, 0.1) is 7.11 Å². The summed E-state index contributed by atoms with van der Waals surface area (Å²) >= 11 is 1.21. The molecule has 2 amide bonds. The van der Waals surface area contributed by atoms with Crippen molar-refractivity contribution in [3.8, 4) is 5.75 Å². The normalized spacial score (nSPS) is 13.4. The highest BCUT2D eigenvalue weighted by Gasteiger charge is 2.25. The highest BCUT2D eigenvalue weighted by molar-refractivity contribution is 7.20. The first kappa shape index (κ1) is 15.3. The number of methoxy groups -OCH3 is 1. The molecule has 1 aliphatic carbocycles. The summed E-state index contributed by atoms with van der Waals surface area (Å²) in [4.78, 5) is 28.0. The number of carbonyl (C=O) groups excluding carboxylic acids is 2. The zero-order valence-electron chi connectivity index (χ0n) is 12.5. The van der Waals surface area contributed by atoms with Crippen LogP contribution in [0.4, 0.5) is 10.1 Å². The van der Waals surface area contributed by atoms with Crippen molar-refractivity contribution in [2.45, 2.75) is 18.9 Å². The van der Waals surface area contributed by atoms with Crippen molar-refractivity contribution in [2.75, 3.05) is 17.7 Å². The molecule has 23 heavy (non-hydrogen) atoms. The van der Waals surface area contributed by atoms with Crippen LogP contribution in [0.2, 0.25) is 0 Å². The minimum absolute atomic E-state index is 0.0695. The average molecular weight is 332 g/mol. The van der Waals surface area contributed by atoms with E-state index in [0.717, 1.165) is 12.8 Å². The summed E-state index contributed by atoms with van der Waals surface area (Å²) < 4.78 is 5.05. The lowest BCUT2D eigenvalue weighted by atomic mass is 10.2. The number of hydrogen-bond acceptors (Lipinski definition) is 6. The van der Waals surface area contributed by atoms with Crippen molar-refractivity contribution < 1.29 is 14.3 Å². The number of nitrogens with one attached hydrogen (secondary N) is 2. The highest BCUT2D eigenvalue weighted by atomic mass is 32.1. The van der Waals surface area contributed by atoms with Crippen LogP contribution in [0.1, 0.15) is 33.7 Å². The fourth-order valence-electron chi connectivity index (χ4n) is 1.95. The van der Waals surface area contributed by atoms with Crippen molar-refractivity contribution in [2.24, 2.45) is 5.73 Å². The summed E-state index contributed by atoms with van der Waals surface area (Å²) in [6.07, 6.45) is 2.16. The van der Waals surface area contributed by atoms with Crippen LogP contribution < -0.4 is 21.1 Å². The molecular weight excluding hydrogens is 316 g/mol. The second kappa shape index (κ2) is 6.25. The summed E-state index contributed by atoms with van der Waals surface area (Å²) in [7, 11) is 1.56. The maximum Gasteiger partial charge on any atom is 0.270 e. The second-order valence-corrected chi connectivity index (χ2v) is 6.16. The van der Waals surface area contributed by atoms with Crippen molar-refractivity contribution >= 4 is 33.3 Å². The molecule has 1 aromatic heterocycles. The van der Waals surface area contributed by atoms with Gasteiger partial charge < -0.3 is 21.1 Å². The molecule has 0 radical (unpaired) electrons. The lowest BCUT2D eigenvalue weighted by molar-refractivity contribution is 0.0997. The van der Waals surface area contributed by atoms with Crippen LogP contribution in [0.3, 0.4) is 0 Å². The van der Waals surface area contributed by atoms with Crippen LogP contribution in [0, 0.1) is 0 Å². The molecule has 3 rings (SSSR count). The first-order valence-electron chi connectivity index (χ1n) is 7.09. The Labute approximate surface area is 136 Å². The molecule has 1 aliphatic rings. The van der Waals surface area contributed by atoms with Crippen LogP contribution in [0.25, 0.3) is 0 Å². The Bertz CT molecular complexity index is 738. The SMILES string of the molecule is COc1ccc(C(=O)Nc2sc(NC3CC3)nc2C(N)=O)cc1. The van der Waals surface area contributed by atoms with Crippen LogP contribution >= 0.6 is 11.3 Å². The van der Waals surface area contributed by atoms with E-state index in [2.05, 4.69) is 15.6 Å². The van der Waals surface area contributed by atoms with E-state index < -0.39 is 5.91 Å². The quantitative estimate of drug-likeness (QED) is 0.751. The monoisotopic (exact) mass is 332 g/mol. The molecule has 0 atom stereocenters. The molecule has 0 spiro atoms. The number of aromatic nitrogens is 1. The van der Waals surface area contributed by atoms with Gasteiger partial charge in [-0.3, -0.25) is 9.59 Å². The largest absolute Gasteiger partial charge is 0.497 e. The third kappa shape index (κ3) is 3.59. The summed E-state index contributed by atoms with van der Waals surface area (Å²) in [6, 6.07) is 7.06. The molecule has 0 saturated heterocycles. The molecule has 1 fully saturated rings. The molecule has 1 saturated carbocycles. The van der Waals surface area contributed by atoms with Gasteiger partial charge in [0.15, 0.2) is 10.8 Å². The van der Waals surface area contributed by atoms with Gasteiger partial charge in [-0.2, -0.15) is 0 Å². The molecule has 8 heteroatoms. The third-order valence-corrected chi connectivity index (χ3v) is 4.25. The number of rotatable bonds is 6. The van der Waals surface area contributed by atoms with E-state index in [4.69, 9.17) is 10.5 Å². The minimum Gasteiger partial charge on any atom is -0.497 e. The summed E-state index contributed by atoms with van der Waals surface area (Å²) in [5.41, 5.74) is 5.86. The van der Waals surface area contributed by atoms with Gasteiger partial charge in [0.2, 0.25) is 0 Å². The molecule has 120 valence electrons. The van der Waals surface area contributed by atoms with Crippen LogP contribution in [0.15, 0.2) is 24.3 Å². The number of thiazole rings is 1. The Morgan fingerprint density at radius 2 is 2.00 bits per heavy atom. The number of carbonyl (C=O) groups is 2. The Hall–Kier alpha value is -2.61. The van der Waals surface area contributed by atoms with Crippen molar-refractivity contribution in [1.29, 1.82) is 0 Å². The molecular formula is C15H16N4O3S. The second-order valence-electron chi connectivity index (χ2n) is 5.16. The summed E-state index contributed by atoms with van der Waals surface area (Å²) in [6.45, 7) is 0. The molecule has 4 N–H and O–H groups in total. The van der Waals surface area contributed by atoms with Gasteiger partial charge in [-0.15, -0.1) is 0 Å². The topological polar surface area (TPSA) is 106 Å². The van der Waals surface area contributed by atoms with E-state index in [-0.39, 0.29) is 11.6 Å². The lowest BCUT2D eigenvalue weighted by Crippen LogP contribution is -2.17. The summed E-state index contributed by atoms with van der Waals surface area (Å²) in [5.74, 6) is -0.347. The van der Waals surface area contributed by atoms with Gasteiger partial charge in [0.25, 0.3) is 11.8 Å². The van der Waals surface area contributed by atoms with Crippen LogP contribution in [-0.2, 0) is 0 Å². The molecule has 1 aromatic carbocycles. The van der Waals surface area contributed by atoms with Gasteiger partial charge in [-0.05, 0) is 37.1 Å². The molecule has 7 nitrogen and oxygen atoms in total. The van der Waals surface area contributed by atoms with E-state index >= 15 is 0 Å². The number of ether oxygens (including phenoxy) is 1. The molecule has 0 aliphatic heterocycles. The lowest BCUT2D eigenvalue weighted by Gasteiger charge is -2.04. The average Bonchev–Trinajstić information content (AvgIpc) is 3.26. The van der Waals surface area contributed by atoms with E-state index in [1.54, 1.807) is 31.4 Å². The molecule has 1 heterocycles. The number of benzene rings is 1. The third-order valence-electron chi connectivity index (χ3n) is 3.34. The molecule has 2 aromatic rings. The fourth-order valence-corrected chi connectivity index (χ4v) is 2.90. The highest BCUT2D eigenvalue weighted by Crippen LogP contribution is 2.32. The fraction of sp³-hybridized carbons (Fsp3) is 0.267. The van der Waals surface area contributed by atoms with E-state index in [0.29, 0.717) is 27.5 Å². The van der Waals surface area contributed by atoms with E-state index in [1.165, 1.54) is 11.3 Å². The zero-order chi connectivity index (χ0) is 16.4. The van der Waals surface area contributed by atoms with Gasteiger partial charge in [-0.25, -0.2) is 4.98 Å². The van der Waals surface area contributed by atoms with Gasteiger partial charge >= 0.3 is 0 Å².